The zero-order valence-electron chi connectivity index (χ0n) is 23.2. The highest BCUT2D eigenvalue weighted by atomic mass is 32.2. The average molecular weight is 638 g/mol. The van der Waals surface area contributed by atoms with Crippen molar-refractivity contribution in [3.8, 4) is 11.5 Å². The van der Waals surface area contributed by atoms with E-state index in [2.05, 4.69) is 19.9 Å². The highest BCUT2D eigenvalue weighted by molar-refractivity contribution is 8.18. The van der Waals surface area contributed by atoms with Gasteiger partial charge in [0.1, 0.15) is 6.61 Å². The molecule has 0 spiro atoms. The van der Waals surface area contributed by atoms with E-state index in [0.29, 0.717) is 47.3 Å². The summed E-state index contributed by atoms with van der Waals surface area (Å²) < 4.78 is 90.4. The molecular formula is C29H25F6N5O3S. The Labute approximate surface area is 252 Å². The van der Waals surface area contributed by atoms with Crippen LogP contribution in [0.2, 0.25) is 0 Å². The van der Waals surface area contributed by atoms with Crippen LogP contribution in [0, 0.1) is 0 Å². The van der Waals surface area contributed by atoms with Gasteiger partial charge in [-0.05, 0) is 60.2 Å². The molecule has 2 aliphatic heterocycles. The zero-order valence-corrected chi connectivity index (χ0v) is 24.0. The minimum absolute atomic E-state index is 0.0666. The number of anilines is 1. The number of halogens is 6. The number of carbonyl (C=O) groups is 1. The molecule has 1 amide bonds. The molecule has 2 aliphatic rings. The molecule has 44 heavy (non-hydrogen) atoms. The summed E-state index contributed by atoms with van der Waals surface area (Å²) in [5, 5.41) is 0.584. The normalized spacial score (nSPS) is 17.1. The Hall–Kier alpha value is -4.27. The molecule has 1 fully saturated rings. The van der Waals surface area contributed by atoms with Gasteiger partial charge in [-0.15, -0.1) is 0 Å². The lowest BCUT2D eigenvalue weighted by molar-refractivity contribution is -0.143. The Morgan fingerprint density at radius 1 is 0.909 bits per heavy atom. The Kier molecular flexibility index (Phi) is 9.04. The number of thioether (sulfide) groups is 1. The topological polar surface area (TPSA) is 80.2 Å². The minimum atomic E-state index is -5.02. The van der Waals surface area contributed by atoms with Crippen LogP contribution < -0.4 is 14.4 Å². The van der Waals surface area contributed by atoms with Gasteiger partial charge in [-0.2, -0.15) is 31.3 Å². The first-order chi connectivity index (χ1) is 20.9. The number of ether oxygens (including phenoxy) is 2. The van der Waals surface area contributed by atoms with Crippen LogP contribution in [-0.2, 0) is 23.8 Å². The lowest BCUT2D eigenvalue weighted by Crippen LogP contribution is -2.33. The fraction of sp³-hybridized carbons (Fsp3) is 0.310. The van der Waals surface area contributed by atoms with Crippen LogP contribution in [0.15, 0.2) is 64.8 Å². The van der Waals surface area contributed by atoms with Crippen molar-refractivity contribution in [3.05, 3.63) is 82.0 Å². The lowest BCUT2D eigenvalue weighted by atomic mass is 10.0. The number of hydrogen-bond donors (Lipinski definition) is 0. The van der Waals surface area contributed by atoms with E-state index in [0.717, 1.165) is 19.0 Å². The van der Waals surface area contributed by atoms with Gasteiger partial charge in [0.15, 0.2) is 16.7 Å². The van der Waals surface area contributed by atoms with Gasteiger partial charge in [0.05, 0.1) is 23.1 Å². The average Bonchev–Trinajstić information content (AvgIpc) is 3.18. The molecule has 3 aromatic rings. The van der Waals surface area contributed by atoms with Gasteiger partial charge in [0, 0.05) is 44.1 Å². The first-order valence-electron chi connectivity index (χ1n) is 13.3. The molecule has 0 atom stereocenters. The number of amides is 1. The van der Waals surface area contributed by atoms with Crippen molar-refractivity contribution in [1.29, 1.82) is 0 Å². The maximum Gasteiger partial charge on any atom is 0.416 e. The van der Waals surface area contributed by atoms with Crippen LogP contribution in [0.4, 0.5) is 32.3 Å². The van der Waals surface area contributed by atoms with Crippen molar-refractivity contribution in [2.24, 2.45) is 4.99 Å². The van der Waals surface area contributed by atoms with Crippen molar-refractivity contribution < 1.29 is 40.6 Å². The number of carbonyl (C=O) groups excluding carboxylic acids is 1. The SMILES string of the molecule is COc1cc(C=C2SC(N3CCCN(c4ncccn4)CC3)=NC2=O)ccc1OCc1ccc(C(F)(F)F)cc1C(F)(F)F. The van der Waals surface area contributed by atoms with Gasteiger partial charge in [0.2, 0.25) is 5.95 Å². The van der Waals surface area contributed by atoms with Gasteiger partial charge in [-0.1, -0.05) is 12.1 Å². The van der Waals surface area contributed by atoms with E-state index in [1.165, 1.54) is 31.0 Å². The molecule has 15 heteroatoms. The summed E-state index contributed by atoms with van der Waals surface area (Å²) in [6.07, 6.45) is -4.13. The molecule has 0 bridgehead atoms. The second-order valence-corrected chi connectivity index (χ2v) is 10.8. The summed E-state index contributed by atoms with van der Waals surface area (Å²) in [5.74, 6) is 0.473. The van der Waals surface area contributed by atoms with Crippen LogP contribution in [0.1, 0.15) is 28.7 Å². The molecule has 0 aliphatic carbocycles. The number of methoxy groups -OCH3 is 1. The van der Waals surface area contributed by atoms with Gasteiger partial charge in [-0.3, -0.25) is 4.79 Å². The van der Waals surface area contributed by atoms with Crippen LogP contribution in [0.25, 0.3) is 6.08 Å². The molecular weight excluding hydrogens is 612 g/mol. The minimum Gasteiger partial charge on any atom is -0.493 e. The monoisotopic (exact) mass is 637 g/mol. The first kappa shape index (κ1) is 31.2. The van der Waals surface area contributed by atoms with E-state index in [1.54, 1.807) is 30.6 Å². The fourth-order valence-corrected chi connectivity index (χ4v) is 5.60. The molecule has 1 aromatic heterocycles. The molecule has 0 radical (unpaired) electrons. The number of alkyl halides is 6. The van der Waals surface area contributed by atoms with E-state index in [4.69, 9.17) is 9.47 Å². The van der Waals surface area contributed by atoms with Gasteiger partial charge >= 0.3 is 12.4 Å². The van der Waals surface area contributed by atoms with Gasteiger partial charge < -0.3 is 19.3 Å². The van der Waals surface area contributed by atoms with E-state index >= 15 is 0 Å². The van der Waals surface area contributed by atoms with Gasteiger partial charge in [0.25, 0.3) is 5.91 Å². The second kappa shape index (κ2) is 12.8. The maximum absolute atomic E-state index is 13.5. The van der Waals surface area contributed by atoms with E-state index < -0.39 is 41.6 Å². The fourth-order valence-electron chi connectivity index (χ4n) is 4.64. The molecule has 5 rings (SSSR count). The predicted molar refractivity (Wildman–Crippen MR) is 152 cm³/mol. The van der Waals surface area contributed by atoms with E-state index in [1.807, 2.05) is 4.90 Å². The number of aromatic nitrogens is 2. The molecule has 0 N–H and O–H groups in total. The zero-order chi connectivity index (χ0) is 31.5. The largest absolute Gasteiger partial charge is 0.493 e. The summed E-state index contributed by atoms with van der Waals surface area (Å²) in [7, 11) is 1.33. The molecule has 8 nitrogen and oxygen atoms in total. The number of hydrogen-bond acceptors (Lipinski definition) is 8. The second-order valence-electron chi connectivity index (χ2n) is 9.75. The van der Waals surface area contributed by atoms with Crippen LogP contribution in [-0.4, -0.2) is 59.2 Å². The van der Waals surface area contributed by atoms with Crippen molar-refractivity contribution in [1.82, 2.24) is 14.9 Å². The summed E-state index contributed by atoms with van der Waals surface area (Å²) in [6.45, 7) is 2.09. The van der Waals surface area contributed by atoms with Crippen LogP contribution in [0.5, 0.6) is 11.5 Å². The molecule has 1 saturated heterocycles. The summed E-state index contributed by atoms with van der Waals surface area (Å²) in [5.41, 5.74) is -2.76. The predicted octanol–water partition coefficient (Wildman–Crippen LogP) is 6.28. The molecule has 2 aromatic carbocycles. The third-order valence-electron chi connectivity index (χ3n) is 6.82. The van der Waals surface area contributed by atoms with Crippen molar-refractivity contribution >= 4 is 34.9 Å². The smallest absolute Gasteiger partial charge is 0.416 e. The van der Waals surface area contributed by atoms with Crippen LogP contribution in [0.3, 0.4) is 0 Å². The third kappa shape index (κ3) is 7.26. The van der Waals surface area contributed by atoms with Crippen molar-refractivity contribution in [2.75, 3.05) is 38.2 Å². The molecule has 0 unspecified atom stereocenters. The molecule has 0 saturated carbocycles. The standard InChI is InChI=1S/C29H25F6N5O3S/c1-42-23-14-18(4-7-22(23)43-17-19-5-6-20(28(30,31)32)16-21(19)29(33,34)35)15-24-25(41)38-27(44-24)40-11-3-10-39(12-13-40)26-36-8-2-9-37-26/h2,4-9,14-16H,3,10-13,17H2,1H3. The molecule has 3 heterocycles. The quantitative estimate of drug-likeness (QED) is 0.231. The maximum atomic E-state index is 13.5. The Morgan fingerprint density at radius 3 is 2.34 bits per heavy atom. The number of benzene rings is 2. The van der Waals surface area contributed by atoms with E-state index in [9.17, 15) is 31.1 Å². The van der Waals surface area contributed by atoms with Crippen LogP contribution >= 0.6 is 11.8 Å². The highest BCUT2D eigenvalue weighted by Gasteiger charge is 2.38. The summed E-state index contributed by atoms with van der Waals surface area (Å²) in [6, 6.07) is 7.71. The highest BCUT2D eigenvalue weighted by Crippen LogP contribution is 2.39. The lowest BCUT2D eigenvalue weighted by Gasteiger charge is -2.22. The first-order valence-corrected chi connectivity index (χ1v) is 14.1. The van der Waals surface area contributed by atoms with Crippen molar-refractivity contribution in [2.45, 2.75) is 25.4 Å². The Balaban J connectivity index is 1.26. The number of rotatable bonds is 6. The Morgan fingerprint density at radius 2 is 1.64 bits per heavy atom. The number of nitrogens with zero attached hydrogens (tertiary/aromatic N) is 5. The molecule has 232 valence electrons. The Bertz CT molecular complexity index is 1580. The summed E-state index contributed by atoms with van der Waals surface area (Å²) >= 11 is 1.24. The van der Waals surface area contributed by atoms with E-state index in [-0.39, 0.29) is 17.6 Å². The number of amidine groups is 1. The van der Waals surface area contributed by atoms with Crippen molar-refractivity contribution in [3.63, 3.8) is 0 Å². The van der Waals surface area contributed by atoms with Gasteiger partial charge in [-0.25, -0.2) is 9.97 Å². The number of aliphatic imine (C=N–C) groups is 1. The summed E-state index contributed by atoms with van der Waals surface area (Å²) in [4.78, 5) is 30.1. The third-order valence-corrected chi connectivity index (χ3v) is 7.87.